The molecule has 1 aromatic carbocycles. The Morgan fingerprint density at radius 3 is 2.62 bits per heavy atom. The van der Waals surface area contributed by atoms with Gasteiger partial charge < -0.3 is 4.90 Å². The van der Waals surface area contributed by atoms with E-state index in [1.807, 2.05) is 36.1 Å². The predicted molar refractivity (Wildman–Crippen MR) is 103 cm³/mol. The minimum Gasteiger partial charge on any atom is -0.337 e. The molecule has 0 aliphatic carbocycles. The van der Waals surface area contributed by atoms with Gasteiger partial charge in [0.15, 0.2) is 5.50 Å². The first-order valence-electron chi connectivity index (χ1n) is 7.88. The van der Waals surface area contributed by atoms with Crippen molar-refractivity contribution in [1.82, 2.24) is 9.29 Å². The molecule has 1 aromatic heterocycles. The number of benzene rings is 1. The van der Waals surface area contributed by atoms with Crippen molar-refractivity contribution in [2.75, 3.05) is 11.2 Å². The number of nitrogens with zero attached hydrogens (tertiary/aromatic N) is 4. The highest BCUT2D eigenvalue weighted by molar-refractivity contribution is 8.04. The second kappa shape index (κ2) is 7.40. The highest BCUT2D eigenvalue weighted by Crippen LogP contribution is 2.39. The second-order valence-corrected chi connectivity index (χ2v) is 9.11. The first kappa shape index (κ1) is 18.3. The molecule has 0 spiro atoms. The van der Waals surface area contributed by atoms with Crippen LogP contribution in [0.5, 0.6) is 0 Å². The lowest BCUT2D eigenvalue weighted by Crippen LogP contribution is -2.44. The van der Waals surface area contributed by atoms with E-state index in [2.05, 4.69) is 11.1 Å². The fourth-order valence-electron chi connectivity index (χ4n) is 2.66. The van der Waals surface area contributed by atoms with E-state index in [9.17, 15) is 8.42 Å². The normalized spacial score (nSPS) is 16.9. The van der Waals surface area contributed by atoms with E-state index >= 15 is 0 Å². The van der Waals surface area contributed by atoms with Crippen LogP contribution in [0.15, 0.2) is 59.9 Å². The van der Waals surface area contributed by atoms with Crippen molar-refractivity contribution < 1.29 is 8.42 Å². The number of aromatic nitrogens is 1. The number of hydrogen-bond acceptors (Lipinski definition) is 6. The number of pyridine rings is 1. The summed E-state index contributed by atoms with van der Waals surface area (Å²) in [5.41, 5.74) is 1.93. The van der Waals surface area contributed by atoms with Gasteiger partial charge in [-0.1, -0.05) is 17.8 Å². The van der Waals surface area contributed by atoms with Gasteiger partial charge in [-0.25, -0.2) is 12.7 Å². The first-order valence-corrected chi connectivity index (χ1v) is 10.6. The molecule has 26 heavy (non-hydrogen) atoms. The van der Waals surface area contributed by atoms with Gasteiger partial charge in [0.25, 0.3) is 0 Å². The Kier molecular flexibility index (Phi) is 5.20. The molecular formula is C18H18N4O2S2. The molecule has 0 radical (unpaired) electrons. The van der Waals surface area contributed by atoms with Crippen LogP contribution in [0.4, 0.5) is 5.69 Å². The summed E-state index contributed by atoms with van der Waals surface area (Å²) in [6.07, 6.45) is 6.33. The number of hydrogen-bond donors (Lipinski definition) is 0. The fraction of sp³-hybridized carbons (Fsp3) is 0.222. The quantitative estimate of drug-likeness (QED) is 0.786. The summed E-state index contributed by atoms with van der Waals surface area (Å²) < 4.78 is 25.9. The summed E-state index contributed by atoms with van der Waals surface area (Å²) in [6, 6.07) is 13.0. The average Bonchev–Trinajstić information content (AvgIpc) is 3.03. The van der Waals surface area contributed by atoms with E-state index in [0.717, 1.165) is 16.2 Å². The molecule has 0 fully saturated rings. The molecule has 0 saturated heterocycles. The van der Waals surface area contributed by atoms with Crippen LogP contribution in [0.3, 0.4) is 0 Å². The van der Waals surface area contributed by atoms with E-state index in [1.54, 1.807) is 30.7 Å². The summed E-state index contributed by atoms with van der Waals surface area (Å²) >= 11 is 1.48. The Morgan fingerprint density at radius 1 is 1.31 bits per heavy atom. The molecule has 0 N–H and O–H groups in total. The summed E-state index contributed by atoms with van der Waals surface area (Å²) in [5.74, 6) is 0. The van der Waals surface area contributed by atoms with Gasteiger partial charge in [0.1, 0.15) is 0 Å². The van der Waals surface area contributed by atoms with Gasteiger partial charge in [-0.2, -0.15) is 5.26 Å². The number of nitriles is 1. The van der Waals surface area contributed by atoms with Crippen LogP contribution in [0.1, 0.15) is 18.1 Å². The maximum absolute atomic E-state index is 12.3. The van der Waals surface area contributed by atoms with Crippen LogP contribution in [0.2, 0.25) is 0 Å². The van der Waals surface area contributed by atoms with E-state index in [0.29, 0.717) is 12.1 Å². The van der Waals surface area contributed by atoms with Crippen LogP contribution >= 0.6 is 11.8 Å². The van der Waals surface area contributed by atoms with Gasteiger partial charge in [0.05, 0.1) is 17.9 Å². The second-order valence-electron chi connectivity index (χ2n) is 5.92. The molecule has 2 heterocycles. The Bertz CT molecular complexity index is 951. The number of thioether (sulfide) groups is 1. The maximum atomic E-state index is 12.3. The third kappa shape index (κ3) is 4.00. The largest absolute Gasteiger partial charge is 0.337 e. The van der Waals surface area contributed by atoms with Crippen molar-refractivity contribution in [3.63, 3.8) is 0 Å². The monoisotopic (exact) mass is 386 g/mol. The van der Waals surface area contributed by atoms with Gasteiger partial charge in [-0.3, -0.25) is 4.98 Å². The molecule has 1 unspecified atom stereocenters. The molecule has 6 nitrogen and oxygen atoms in total. The van der Waals surface area contributed by atoms with Gasteiger partial charge in [0, 0.05) is 35.7 Å². The lowest BCUT2D eigenvalue weighted by molar-refractivity contribution is 0.475. The highest BCUT2D eigenvalue weighted by atomic mass is 32.2. The third-order valence-electron chi connectivity index (χ3n) is 3.87. The predicted octanol–water partition coefficient (Wildman–Crippen LogP) is 3.11. The maximum Gasteiger partial charge on any atom is 0.234 e. The van der Waals surface area contributed by atoms with E-state index in [-0.39, 0.29) is 0 Å². The Hall–Kier alpha value is -2.50. The summed E-state index contributed by atoms with van der Waals surface area (Å²) in [6.45, 7) is 2.38. The van der Waals surface area contributed by atoms with Crippen LogP contribution in [-0.4, -0.2) is 29.5 Å². The highest BCUT2D eigenvalue weighted by Gasteiger charge is 2.35. The van der Waals surface area contributed by atoms with Crippen molar-refractivity contribution in [2.24, 2.45) is 0 Å². The Labute approximate surface area is 157 Å². The minimum atomic E-state index is -3.42. The van der Waals surface area contributed by atoms with Gasteiger partial charge in [0.2, 0.25) is 10.0 Å². The van der Waals surface area contributed by atoms with Gasteiger partial charge in [-0.05, 0) is 42.8 Å². The fourth-order valence-corrected chi connectivity index (χ4v) is 5.12. The zero-order valence-electron chi connectivity index (χ0n) is 14.4. The number of sulfonamides is 1. The van der Waals surface area contributed by atoms with E-state index in [4.69, 9.17) is 5.26 Å². The van der Waals surface area contributed by atoms with Crippen LogP contribution in [0.25, 0.3) is 0 Å². The van der Waals surface area contributed by atoms with E-state index < -0.39 is 15.5 Å². The van der Waals surface area contributed by atoms with Gasteiger partial charge in [-0.15, -0.1) is 0 Å². The smallest absolute Gasteiger partial charge is 0.234 e. The molecule has 1 aliphatic rings. The number of rotatable bonds is 5. The van der Waals surface area contributed by atoms with Crippen molar-refractivity contribution in [3.8, 4) is 6.07 Å². The summed E-state index contributed by atoms with van der Waals surface area (Å²) in [5, 5.41) is 9.03. The van der Waals surface area contributed by atoms with Crippen LogP contribution < -0.4 is 4.90 Å². The summed E-state index contributed by atoms with van der Waals surface area (Å²) in [7, 11) is -3.42. The number of anilines is 1. The van der Waals surface area contributed by atoms with Crippen molar-refractivity contribution in [3.05, 3.63) is 71.0 Å². The standard InChI is InChI=1S/C18H18N4O2S2/c1-14-12-22(26(2,23)24)18(25-14)21(13-16-4-3-9-20-11-16)17-7-5-15(10-19)6-8-17/h3-9,11-12,18H,13H2,1-2H3. The molecule has 2 aromatic rings. The average molecular weight is 387 g/mol. The molecule has 0 amide bonds. The SMILES string of the molecule is CC1=CN(S(C)(=O)=O)C(N(Cc2cccnc2)c2ccc(C#N)cc2)S1. The molecule has 1 aliphatic heterocycles. The zero-order chi connectivity index (χ0) is 18.7. The molecule has 134 valence electrons. The molecule has 1 atom stereocenters. The van der Waals surface area contributed by atoms with Crippen molar-refractivity contribution in [2.45, 2.75) is 19.0 Å². The van der Waals surface area contributed by atoms with Gasteiger partial charge >= 0.3 is 0 Å². The topological polar surface area (TPSA) is 77.3 Å². The summed E-state index contributed by atoms with van der Waals surface area (Å²) in [4.78, 5) is 7.07. The molecule has 0 bridgehead atoms. The Balaban J connectivity index is 2.01. The molecular weight excluding hydrogens is 368 g/mol. The molecule has 3 rings (SSSR count). The van der Waals surface area contributed by atoms with Crippen LogP contribution in [0, 0.1) is 11.3 Å². The third-order valence-corrected chi connectivity index (χ3v) is 6.25. The van der Waals surface area contributed by atoms with Crippen LogP contribution in [-0.2, 0) is 16.6 Å². The lowest BCUT2D eigenvalue weighted by Gasteiger charge is -2.35. The molecule has 8 heteroatoms. The molecule has 0 saturated carbocycles. The first-order chi connectivity index (χ1) is 12.4. The van der Waals surface area contributed by atoms with Crippen molar-refractivity contribution >= 4 is 27.5 Å². The van der Waals surface area contributed by atoms with Crippen molar-refractivity contribution in [1.29, 1.82) is 5.26 Å². The number of allylic oxidation sites excluding steroid dienone is 1. The van der Waals surface area contributed by atoms with E-state index in [1.165, 1.54) is 22.3 Å². The lowest BCUT2D eigenvalue weighted by atomic mass is 10.2. The minimum absolute atomic E-state index is 0.432. The zero-order valence-corrected chi connectivity index (χ0v) is 16.0. The Morgan fingerprint density at radius 2 is 2.04 bits per heavy atom.